The second-order valence-corrected chi connectivity index (χ2v) is 6.68. The highest BCUT2D eigenvalue weighted by molar-refractivity contribution is 7.13. The van der Waals surface area contributed by atoms with Gasteiger partial charge in [0.05, 0.1) is 7.11 Å². The molecule has 0 atom stereocenters. The zero-order valence-corrected chi connectivity index (χ0v) is 15.2. The number of allylic oxidation sites excluding steroid dienone is 1. The Kier molecular flexibility index (Phi) is 8.20. The number of carbonyl (C=O) groups excluding carboxylic acids is 2. The van der Waals surface area contributed by atoms with Crippen LogP contribution in [0, 0.1) is 0 Å². The van der Waals surface area contributed by atoms with Gasteiger partial charge in [0.25, 0.3) is 5.91 Å². The zero-order chi connectivity index (χ0) is 18.0. The number of nitrogens with one attached hydrogen (secondary N) is 3. The molecule has 8 nitrogen and oxygen atoms in total. The summed E-state index contributed by atoms with van der Waals surface area (Å²) in [5, 5.41) is 7.60. The van der Waals surface area contributed by atoms with Crippen molar-refractivity contribution in [1.82, 2.24) is 15.8 Å². The van der Waals surface area contributed by atoms with Crippen LogP contribution in [-0.2, 0) is 14.4 Å². The molecule has 24 heavy (non-hydrogen) atoms. The van der Waals surface area contributed by atoms with E-state index in [9.17, 15) is 9.59 Å². The number of hydrogen-bond donors (Lipinski definition) is 3. The monoisotopic (exact) mass is 356 g/mol. The van der Waals surface area contributed by atoms with Gasteiger partial charge in [-0.05, 0) is 33.6 Å². The van der Waals surface area contributed by atoms with Gasteiger partial charge in [-0.15, -0.1) is 11.3 Å². The van der Waals surface area contributed by atoms with E-state index in [-0.39, 0.29) is 11.6 Å². The third-order valence-electron chi connectivity index (χ3n) is 2.51. The molecule has 0 saturated carbocycles. The maximum absolute atomic E-state index is 12.1. The molecule has 134 valence electrons. The van der Waals surface area contributed by atoms with E-state index in [1.807, 2.05) is 0 Å². The fourth-order valence-electron chi connectivity index (χ4n) is 1.59. The molecule has 1 aromatic rings. The quantitative estimate of drug-likeness (QED) is 0.376. The molecular formula is C15H24N4O4S. The maximum Gasteiger partial charge on any atom is 0.407 e. The first-order valence-corrected chi connectivity index (χ1v) is 8.36. The molecule has 3 N–H and O–H groups in total. The number of nitrogens with zero attached hydrogens (tertiary/aromatic N) is 1. The van der Waals surface area contributed by atoms with Crippen LogP contribution in [0.3, 0.4) is 0 Å². The van der Waals surface area contributed by atoms with Crippen LogP contribution in [-0.4, -0.2) is 36.2 Å². The number of rotatable bonds is 8. The second kappa shape index (κ2) is 9.89. The molecule has 0 bridgehead atoms. The third kappa shape index (κ3) is 8.49. The van der Waals surface area contributed by atoms with Crippen LogP contribution >= 0.6 is 11.3 Å². The molecule has 1 heterocycles. The number of hydroxylamine groups is 1. The Morgan fingerprint density at radius 2 is 2.12 bits per heavy atom. The number of unbranched alkanes of at least 4 members (excludes halogenated alkanes) is 1. The van der Waals surface area contributed by atoms with Gasteiger partial charge in [0.2, 0.25) is 0 Å². The second-order valence-electron chi connectivity index (χ2n) is 5.79. The van der Waals surface area contributed by atoms with Crippen molar-refractivity contribution in [2.45, 2.75) is 39.2 Å². The van der Waals surface area contributed by atoms with Crippen molar-refractivity contribution in [3.8, 4) is 0 Å². The molecule has 1 aromatic heterocycles. The SMILES string of the molecule is CONC(=CCCCNC(=O)OC(C)(C)C)C(=O)Nc1nccs1. The van der Waals surface area contributed by atoms with E-state index >= 15 is 0 Å². The molecule has 9 heteroatoms. The van der Waals surface area contributed by atoms with Gasteiger partial charge in [-0.25, -0.2) is 9.78 Å². The first kappa shape index (κ1) is 19.9. The Balaban J connectivity index is 2.37. The van der Waals surface area contributed by atoms with Crippen molar-refractivity contribution in [3.63, 3.8) is 0 Å². The van der Waals surface area contributed by atoms with Crippen LogP contribution in [0.5, 0.6) is 0 Å². The third-order valence-corrected chi connectivity index (χ3v) is 3.20. The summed E-state index contributed by atoms with van der Waals surface area (Å²) < 4.78 is 5.13. The molecule has 0 aliphatic heterocycles. The lowest BCUT2D eigenvalue weighted by Crippen LogP contribution is -2.33. The number of aromatic nitrogens is 1. The number of alkyl carbamates (subject to hydrolysis) is 1. The standard InChI is InChI=1S/C15H24N4O4S/c1-15(2,3)23-14(21)17-8-6-5-7-11(19-22-4)12(20)18-13-16-9-10-24-13/h7,9-10,19H,5-6,8H2,1-4H3,(H,17,21)(H,16,18,20). The van der Waals surface area contributed by atoms with Gasteiger partial charge in [0.1, 0.15) is 11.3 Å². The molecule has 2 amide bonds. The Bertz CT molecular complexity index is 552. The Morgan fingerprint density at radius 3 is 2.71 bits per heavy atom. The van der Waals surface area contributed by atoms with Gasteiger partial charge in [-0.1, -0.05) is 6.08 Å². The number of hydrogen-bond acceptors (Lipinski definition) is 7. The smallest absolute Gasteiger partial charge is 0.407 e. The minimum Gasteiger partial charge on any atom is -0.444 e. The fraction of sp³-hybridized carbons (Fsp3) is 0.533. The molecule has 0 fully saturated rings. The van der Waals surface area contributed by atoms with E-state index in [4.69, 9.17) is 9.57 Å². The van der Waals surface area contributed by atoms with Crippen molar-refractivity contribution < 1.29 is 19.2 Å². The van der Waals surface area contributed by atoms with E-state index in [0.29, 0.717) is 24.5 Å². The topological polar surface area (TPSA) is 102 Å². The number of amides is 2. The molecule has 0 radical (unpaired) electrons. The van der Waals surface area contributed by atoms with E-state index in [1.165, 1.54) is 18.4 Å². The molecule has 0 spiro atoms. The van der Waals surface area contributed by atoms with Crippen molar-refractivity contribution in [1.29, 1.82) is 0 Å². The summed E-state index contributed by atoms with van der Waals surface area (Å²) in [6.45, 7) is 5.86. The number of thiazole rings is 1. The van der Waals surface area contributed by atoms with Crippen molar-refractivity contribution >= 4 is 28.5 Å². The van der Waals surface area contributed by atoms with Crippen molar-refractivity contribution in [3.05, 3.63) is 23.3 Å². The highest BCUT2D eigenvalue weighted by atomic mass is 32.1. The van der Waals surface area contributed by atoms with E-state index in [1.54, 1.807) is 38.4 Å². The van der Waals surface area contributed by atoms with Crippen molar-refractivity contribution in [2.24, 2.45) is 0 Å². The molecule has 0 aromatic carbocycles. The van der Waals surface area contributed by atoms with Gasteiger partial charge in [-0.3, -0.25) is 20.4 Å². The molecule has 0 aliphatic carbocycles. The Labute approximate surface area is 145 Å². The summed E-state index contributed by atoms with van der Waals surface area (Å²) >= 11 is 1.33. The highest BCUT2D eigenvalue weighted by Crippen LogP contribution is 2.11. The number of ether oxygens (including phenoxy) is 1. The number of anilines is 1. The molecule has 0 unspecified atom stereocenters. The summed E-state index contributed by atoms with van der Waals surface area (Å²) in [4.78, 5) is 32.4. The summed E-state index contributed by atoms with van der Waals surface area (Å²) in [5.41, 5.74) is 2.30. The van der Waals surface area contributed by atoms with Crippen molar-refractivity contribution in [2.75, 3.05) is 19.0 Å². The minimum absolute atomic E-state index is 0.282. The van der Waals surface area contributed by atoms with Crippen LogP contribution < -0.4 is 16.1 Å². The molecule has 1 rings (SSSR count). The van der Waals surface area contributed by atoms with E-state index in [2.05, 4.69) is 21.1 Å². The summed E-state index contributed by atoms with van der Waals surface area (Å²) in [6, 6.07) is 0. The maximum atomic E-state index is 12.1. The zero-order valence-electron chi connectivity index (χ0n) is 14.3. The predicted molar refractivity (Wildman–Crippen MR) is 92.4 cm³/mol. The van der Waals surface area contributed by atoms with E-state index in [0.717, 1.165) is 0 Å². The average molecular weight is 356 g/mol. The summed E-state index contributed by atoms with van der Waals surface area (Å²) in [7, 11) is 1.43. The van der Waals surface area contributed by atoms with Crippen LogP contribution in [0.1, 0.15) is 33.6 Å². The van der Waals surface area contributed by atoms with Gasteiger partial charge in [0.15, 0.2) is 5.13 Å². The van der Waals surface area contributed by atoms with Crippen LogP contribution in [0.15, 0.2) is 23.3 Å². The minimum atomic E-state index is -0.520. The lowest BCUT2D eigenvalue weighted by atomic mass is 10.2. The largest absolute Gasteiger partial charge is 0.444 e. The number of carbonyl (C=O) groups is 2. The first-order chi connectivity index (χ1) is 11.3. The fourth-order valence-corrected chi connectivity index (χ4v) is 2.12. The summed E-state index contributed by atoms with van der Waals surface area (Å²) in [5.74, 6) is -0.341. The van der Waals surface area contributed by atoms with Gasteiger partial charge >= 0.3 is 6.09 Å². The van der Waals surface area contributed by atoms with Crippen LogP contribution in [0.25, 0.3) is 0 Å². The van der Waals surface area contributed by atoms with Gasteiger partial charge in [0, 0.05) is 18.1 Å². The molecule has 0 aliphatic rings. The first-order valence-electron chi connectivity index (χ1n) is 7.48. The Hall–Kier alpha value is -2.13. The normalized spacial score (nSPS) is 11.8. The summed E-state index contributed by atoms with van der Waals surface area (Å²) in [6.07, 6.45) is 4.08. The predicted octanol–water partition coefficient (Wildman–Crippen LogP) is 2.42. The lowest BCUT2D eigenvalue weighted by molar-refractivity contribution is -0.114. The van der Waals surface area contributed by atoms with Gasteiger partial charge in [-0.2, -0.15) is 0 Å². The Morgan fingerprint density at radius 1 is 1.38 bits per heavy atom. The van der Waals surface area contributed by atoms with E-state index < -0.39 is 11.7 Å². The lowest BCUT2D eigenvalue weighted by Gasteiger charge is -2.19. The molecule has 0 saturated heterocycles. The van der Waals surface area contributed by atoms with Crippen LogP contribution in [0.4, 0.5) is 9.93 Å². The molecular weight excluding hydrogens is 332 g/mol. The highest BCUT2D eigenvalue weighted by Gasteiger charge is 2.15. The van der Waals surface area contributed by atoms with Gasteiger partial charge < -0.3 is 10.1 Å². The average Bonchev–Trinajstić information content (AvgIpc) is 2.96. The van der Waals surface area contributed by atoms with Crippen LogP contribution in [0.2, 0.25) is 0 Å².